The molecule has 0 radical (unpaired) electrons. The summed E-state index contributed by atoms with van der Waals surface area (Å²) < 4.78 is 54.3. The monoisotopic (exact) mass is 1070 g/mol. The molecule has 11 heterocycles. The molecule has 14 rings (SSSR count). The summed E-state index contributed by atoms with van der Waals surface area (Å²) in [7, 11) is 1.71. The van der Waals surface area contributed by atoms with Crippen LogP contribution in [0.3, 0.4) is 0 Å². The van der Waals surface area contributed by atoms with E-state index in [1.54, 1.807) is 23.9 Å². The standard InChI is InChI=1S/C17H18ClN3O3.C17H20N4O3.C14H14ClN3O3.C5H12O/c2*1-9-4-6-17-11(9)22-15(12(17)23-16(2,3)24-17)21-7-5-10-13(18)19-8-20-14(10)21;1-7-2-4-14(20)9(19)13(21-10(7)14)18-5-3-8-11(15)16-6-17-12(8)18;1-5(2,3)6-4/h5,7-8,11-12,15H,1,4,6H2,2-3H3;5,7-8,11-12,15H,1,4,6H2,2-3H3,(H2,18,19,20);3,5-6,9-10,13,19-20H,1-2,4H2;1-4H3/t2*11-,12+,15-,17-;9-,10+,13+,14-;/m110./s1. The van der Waals surface area contributed by atoms with Crippen LogP contribution in [-0.4, -0.2) is 132 Å². The number of methoxy groups -OCH3 is 1. The molecule has 4 N–H and O–H groups in total. The van der Waals surface area contributed by atoms with Crippen molar-refractivity contribution in [2.24, 2.45) is 0 Å². The van der Waals surface area contributed by atoms with Gasteiger partial charge in [0.25, 0.3) is 0 Å². The summed E-state index contributed by atoms with van der Waals surface area (Å²) in [5.41, 5.74) is 8.74. The van der Waals surface area contributed by atoms with Crippen molar-refractivity contribution >= 4 is 62.1 Å². The maximum Gasteiger partial charge on any atom is 0.165 e. The van der Waals surface area contributed by atoms with E-state index >= 15 is 0 Å². The van der Waals surface area contributed by atoms with Crippen molar-refractivity contribution in [2.75, 3.05) is 12.8 Å². The summed E-state index contributed by atoms with van der Waals surface area (Å²) in [6.07, 6.45) is 10.7. The van der Waals surface area contributed by atoms with Crippen molar-refractivity contribution in [2.45, 2.75) is 176 Å². The number of rotatable bonds is 3. The fraction of sp³-hybridized carbons (Fsp3) is 0.547. The number of hydrogen-bond donors (Lipinski definition) is 3. The van der Waals surface area contributed by atoms with Crippen molar-refractivity contribution in [1.29, 1.82) is 0 Å². The first-order valence-corrected chi connectivity index (χ1v) is 25.9. The van der Waals surface area contributed by atoms with Crippen molar-refractivity contribution < 1.29 is 48.1 Å². The van der Waals surface area contributed by atoms with Crippen molar-refractivity contribution in [1.82, 2.24) is 43.6 Å². The van der Waals surface area contributed by atoms with E-state index in [1.165, 1.54) is 19.0 Å². The predicted molar refractivity (Wildman–Crippen MR) is 277 cm³/mol. The van der Waals surface area contributed by atoms with E-state index in [1.807, 2.05) is 82.1 Å². The lowest BCUT2D eigenvalue weighted by atomic mass is 9.94. The summed E-state index contributed by atoms with van der Waals surface area (Å²) >= 11 is 12.2. The Bertz CT molecular complexity index is 3100. The zero-order valence-corrected chi connectivity index (χ0v) is 44.8. The molecular weight excluding hydrogens is 1010 g/mol. The van der Waals surface area contributed by atoms with Crippen molar-refractivity contribution in [3.63, 3.8) is 0 Å². The summed E-state index contributed by atoms with van der Waals surface area (Å²) in [5, 5.41) is 24.2. The van der Waals surface area contributed by atoms with Gasteiger partial charge in [-0.2, -0.15) is 0 Å². The van der Waals surface area contributed by atoms with E-state index in [4.69, 9.17) is 66.8 Å². The van der Waals surface area contributed by atoms with Gasteiger partial charge >= 0.3 is 0 Å². The van der Waals surface area contributed by atoms with Crippen molar-refractivity contribution in [3.8, 4) is 0 Å². The Hall–Kier alpha value is -4.94. The zero-order chi connectivity index (χ0) is 53.4. The van der Waals surface area contributed by atoms with Crippen LogP contribution in [0.15, 0.2) is 92.2 Å². The minimum atomic E-state index is -1.28. The van der Waals surface area contributed by atoms with Crippen LogP contribution in [0.1, 0.15) is 106 Å². The minimum absolute atomic E-state index is 0.0417. The molecule has 75 heavy (non-hydrogen) atoms. The Morgan fingerprint density at radius 2 is 1.01 bits per heavy atom. The van der Waals surface area contributed by atoms with E-state index in [9.17, 15) is 10.2 Å². The molecular formula is C53H64Cl2N10O10. The van der Waals surface area contributed by atoms with Crippen LogP contribution in [0.25, 0.3) is 33.1 Å². The molecule has 2 spiro atoms. The van der Waals surface area contributed by atoms with Gasteiger partial charge < -0.3 is 67.5 Å². The molecule has 12 atom stereocenters. The molecule has 5 saturated heterocycles. The molecule has 5 aliphatic heterocycles. The summed E-state index contributed by atoms with van der Waals surface area (Å²) in [4.78, 5) is 25.0. The Morgan fingerprint density at radius 1 is 0.627 bits per heavy atom. The van der Waals surface area contributed by atoms with Gasteiger partial charge in [-0.1, -0.05) is 42.9 Å². The molecule has 0 unspecified atom stereocenters. The Kier molecular flexibility index (Phi) is 12.7. The van der Waals surface area contributed by atoms with Crippen LogP contribution < -0.4 is 5.73 Å². The van der Waals surface area contributed by atoms with Crippen LogP contribution >= 0.6 is 23.2 Å². The Balaban J connectivity index is 0.000000114. The van der Waals surface area contributed by atoms with Crippen LogP contribution in [0.5, 0.6) is 0 Å². The molecule has 400 valence electrons. The highest BCUT2D eigenvalue weighted by atomic mass is 35.5. The first-order chi connectivity index (χ1) is 35.4. The number of aliphatic hydroxyl groups excluding tert-OH is 1. The third-order valence-corrected chi connectivity index (χ3v) is 16.3. The van der Waals surface area contributed by atoms with Crippen LogP contribution in [0.2, 0.25) is 10.3 Å². The van der Waals surface area contributed by atoms with E-state index in [2.05, 4.69) is 49.6 Å². The third kappa shape index (κ3) is 8.51. The number of aromatic nitrogens is 9. The quantitative estimate of drug-likeness (QED) is 0.112. The highest BCUT2D eigenvalue weighted by molar-refractivity contribution is 6.34. The molecule has 6 aromatic heterocycles. The zero-order valence-electron chi connectivity index (χ0n) is 43.3. The van der Waals surface area contributed by atoms with E-state index in [0.29, 0.717) is 40.0 Å². The number of fused-ring (bicyclic) bond motifs is 4. The molecule has 0 bridgehead atoms. The molecule has 22 heteroatoms. The van der Waals surface area contributed by atoms with Crippen LogP contribution in [0, 0.1) is 0 Å². The summed E-state index contributed by atoms with van der Waals surface area (Å²) in [6, 6.07) is 5.57. The first-order valence-electron chi connectivity index (χ1n) is 25.1. The number of anilines is 1. The summed E-state index contributed by atoms with van der Waals surface area (Å²) in [5.74, 6) is -0.836. The van der Waals surface area contributed by atoms with Gasteiger partial charge in [0.15, 0.2) is 30.3 Å². The number of ether oxygens (including phenoxy) is 8. The van der Waals surface area contributed by atoms with E-state index in [0.717, 1.165) is 64.5 Å². The van der Waals surface area contributed by atoms with Gasteiger partial charge in [-0.05, 0) is 122 Å². The molecule has 3 aliphatic carbocycles. The molecule has 0 aromatic carbocycles. The van der Waals surface area contributed by atoms with E-state index < -0.39 is 46.8 Å². The lowest BCUT2D eigenvalue weighted by Gasteiger charge is -2.27. The average molecular weight is 1070 g/mol. The topological polar surface area (TPSA) is 232 Å². The lowest BCUT2D eigenvalue weighted by Crippen LogP contribution is -2.44. The average Bonchev–Trinajstić information content (AvgIpc) is 4.29. The van der Waals surface area contributed by atoms with Crippen LogP contribution in [-0.2, 0) is 37.9 Å². The molecule has 3 saturated carbocycles. The second-order valence-electron chi connectivity index (χ2n) is 22.4. The SMILES string of the molecule is C=C1CC[C@@]2(O)[C@@H]1O[C@@H](n1ccc3c(Cl)ncnc31)[C@@H]2O.C=C1CC[C@]23OC(C)(C)O[C@H]2[C@H](n2ccc4c(Cl)ncnc42)O[C@H]13.C=C1CC[C@]23OC(C)(C)O[C@H]2[C@H](n2ccc4c(N)ncnc42)O[C@H]13.COC(C)(C)C. The Morgan fingerprint density at radius 3 is 1.47 bits per heavy atom. The lowest BCUT2D eigenvalue weighted by molar-refractivity contribution is -0.204. The van der Waals surface area contributed by atoms with Gasteiger partial charge in [-0.25, -0.2) is 29.9 Å². The van der Waals surface area contributed by atoms with Gasteiger partial charge in [0.2, 0.25) is 0 Å². The van der Waals surface area contributed by atoms with Crippen molar-refractivity contribution in [3.05, 3.63) is 103 Å². The number of aliphatic hydroxyl groups is 2. The highest BCUT2D eigenvalue weighted by Gasteiger charge is 2.70. The van der Waals surface area contributed by atoms with Gasteiger partial charge in [0.1, 0.15) is 105 Å². The summed E-state index contributed by atoms with van der Waals surface area (Å²) in [6.45, 7) is 26.1. The third-order valence-electron chi connectivity index (χ3n) is 15.7. The maximum absolute atomic E-state index is 10.7. The molecule has 6 aromatic rings. The van der Waals surface area contributed by atoms with Gasteiger partial charge in [0.05, 0.1) is 21.8 Å². The second-order valence-corrected chi connectivity index (χ2v) is 23.1. The predicted octanol–water partition coefficient (Wildman–Crippen LogP) is 8.23. The number of halogens is 2. The fourth-order valence-corrected chi connectivity index (χ4v) is 12.5. The fourth-order valence-electron chi connectivity index (χ4n) is 12.1. The Labute approximate surface area is 443 Å². The highest BCUT2D eigenvalue weighted by Crippen LogP contribution is 2.60. The number of nitrogen functional groups attached to an aromatic ring is 1. The number of nitrogens with two attached hydrogens (primary N) is 1. The van der Waals surface area contributed by atoms with Gasteiger partial charge in [-0.3, -0.25) is 0 Å². The molecule has 20 nitrogen and oxygen atoms in total. The molecule has 8 fully saturated rings. The normalized spacial score (nSPS) is 34.7. The van der Waals surface area contributed by atoms with Gasteiger partial charge in [0, 0.05) is 25.7 Å². The second kappa shape index (κ2) is 18.3. The molecule has 8 aliphatic rings. The first kappa shape index (κ1) is 52.1. The van der Waals surface area contributed by atoms with E-state index in [-0.39, 0.29) is 42.5 Å². The number of hydrogen-bond acceptors (Lipinski definition) is 17. The smallest absolute Gasteiger partial charge is 0.165 e. The van der Waals surface area contributed by atoms with Crippen LogP contribution in [0.4, 0.5) is 5.82 Å². The van der Waals surface area contributed by atoms with Gasteiger partial charge in [-0.15, -0.1) is 0 Å². The maximum atomic E-state index is 10.7. The molecule has 0 amide bonds. The largest absolute Gasteiger partial charge is 0.385 e. The minimum Gasteiger partial charge on any atom is -0.385 e. The number of nitrogens with zero attached hydrogens (tertiary/aromatic N) is 9.